The molecule has 5 heteroatoms. The summed E-state index contributed by atoms with van der Waals surface area (Å²) in [5.74, 6) is 1.47. The van der Waals surface area contributed by atoms with Gasteiger partial charge in [0, 0.05) is 17.0 Å². The lowest BCUT2D eigenvalue weighted by Crippen LogP contribution is -2.22. The summed E-state index contributed by atoms with van der Waals surface area (Å²) in [7, 11) is 0. The average Bonchev–Trinajstić information content (AvgIpc) is 2.71. The van der Waals surface area contributed by atoms with E-state index in [0.29, 0.717) is 9.49 Å². The molecule has 2 heterocycles. The first-order valence-corrected chi connectivity index (χ1v) is 6.60. The largest absolute Gasteiger partial charge is 0.339 e. The van der Waals surface area contributed by atoms with E-state index in [1.54, 1.807) is 12.4 Å². The first-order valence-electron chi connectivity index (χ1n) is 5.35. The zero-order valence-corrected chi connectivity index (χ0v) is 11.3. The molecule has 1 aromatic heterocycles. The van der Waals surface area contributed by atoms with E-state index in [4.69, 9.17) is 5.26 Å². The summed E-state index contributed by atoms with van der Waals surface area (Å²) >= 11 is 2.50. The Morgan fingerprint density at radius 1 is 1.50 bits per heavy atom. The molecule has 1 aromatic rings. The molecule has 0 spiro atoms. The molecule has 0 saturated carbocycles. The molecule has 16 heavy (non-hydrogen) atoms. The Labute approximate surface area is 109 Å². The maximum Gasteiger partial charge on any atom is 0.225 e. The van der Waals surface area contributed by atoms with E-state index in [1.165, 1.54) is 6.42 Å². The number of rotatable bonds is 2. The third kappa shape index (κ3) is 2.26. The van der Waals surface area contributed by atoms with E-state index < -0.39 is 0 Å². The minimum absolute atomic E-state index is 0.515. The Morgan fingerprint density at radius 3 is 2.69 bits per heavy atom. The molecule has 0 radical (unpaired) electrons. The number of hydrogen-bond acceptors (Lipinski definition) is 4. The zero-order chi connectivity index (χ0) is 11.5. The summed E-state index contributed by atoms with van der Waals surface area (Å²) in [5.41, 5.74) is 0.515. The topological polar surface area (TPSA) is 52.8 Å². The Bertz CT molecular complexity index is 397. The summed E-state index contributed by atoms with van der Waals surface area (Å²) in [4.78, 5) is 10.6. The van der Waals surface area contributed by atoms with Gasteiger partial charge in [0.15, 0.2) is 0 Å². The molecule has 1 saturated heterocycles. The predicted octanol–water partition coefficient (Wildman–Crippen LogP) is 2.00. The van der Waals surface area contributed by atoms with E-state index in [0.717, 1.165) is 25.0 Å². The summed E-state index contributed by atoms with van der Waals surface area (Å²) < 4.78 is 0.668. The Kier molecular flexibility index (Phi) is 3.59. The van der Waals surface area contributed by atoms with Crippen molar-refractivity contribution in [1.82, 2.24) is 9.97 Å². The van der Waals surface area contributed by atoms with Crippen molar-refractivity contribution in [2.75, 3.05) is 18.0 Å². The first kappa shape index (κ1) is 11.6. The van der Waals surface area contributed by atoms with Crippen LogP contribution in [0.5, 0.6) is 0 Å². The highest BCUT2D eigenvalue weighted by Crippen LogP contribution is 2.28. The molecular weight excluding hydrogens is 315 g/mol. The van der Waals surface area contributed by atoms with Crippen LogP contribution < -0.4 is 4.90 Å². The van der Waals surface area contributed by atoms with Gasteiger partial charge in [-0.25, -0.2) is 9.97 Å². The summed E-state index contributed by atoms with van der Waals surface area (Å²) in [6, 6.07) is 2.03. The maximum atomic E-state index is 8.67. The van der Waals surface area contributed by atoms with E-state index >= 15 is 0 Å². The van der Waals surface area contributed by atoms with Gasteiger partial charge in [0.1, 0.15) is 6.07 Å². The molecular formula is C11H13IN4. The molecule has 0 bridgehead atoms. The van der Waals surface area contributed by atoms with Crippen molar-refractivity contribution in [1.29, 1.82) is 5.26 Å². The Balaban J connectivity index is 2.11. The van der Waals surface area contributed by atoms with Crippen molar-refractivity contribution < 1.29 is 0 Å². The van der Waals surface area contributed by atoms with Crippen LogP contribution >= 0.6 is 22.6 Å². The molecule has 1 fully saturated rings. The number of aromatic nitrogens is 2. The molecule has 4 nitrogen and oxygen atoms in total. The van der Waals surface area contributed by atoms with Gasteiger partial charge < -0.3 is 4.90 Å². The zero-order valence-electron chi connectivity index (χ0n) is 9.10. The molecule has 0 amide bonds. The molecule has 0 aromatic carbocycles. The third-order valence-corrected chi connectivity index (χ3v) is 4.35. The average molecular weight is 328 g/mol. The quantitative estimate of drug-likeness (QED) is 0.615. The van der Waals surface area contributed by atoms with E-state index in [2.05, 4.69) is 44.4 Å². The Morgan fingerprint density at radius 2 is 2.19 bits per heavy atom. The first-order chi connectivity index (χ1) is 7.74. The lowest BCUT2D eigenvalue weighted by atomic mass is 10.1. The van der Waals surface area contributed by atoms with Crippen molar-refractivity contribution in [2.24, 2.45) is 5.92 Å². The summed E-state index contributed by atoms with van der Waals surface area (Å²) in [5, 5.41) is 8.67. The molecule has 2 atom stereocenters. The van der Waals surface area contributed by atoms with Crippen LogP contribution in [0.25, 0.3) is 0 Å². The third-order valence-electron chi connectivity index (χ3n) is 2.94. The minimum Gasteiger partial charge on any atom is -0.339 e. The van der Waals surface area contributed by atoms with Crippen LogP contribution in [-0.2, 0) is 0 Å². The number of halogens is 1. The van der Waals surface area contributed by atoms with Gasteiger partial charge in [0.25, 0.3) is 0 Å². The second kappa shape index (κ2) is 4.95. The molecule has 2 unspecified atom stereocenters. The van der Waals surface area contributed by atoms with Crippen LogP contribution in [-0.4, -0.2) is 27.0 Å². The lowest BCUT2D eigenvalue weighted by molar-refractivity contribution is 0.590. The summed E-state index contributed by atoms with van der Waals surface area (Å²) in [6.45, 7) is 4.25. The molecule has 0 aliphatic carbocycles. The van der Waals surface area contributed by atoms with E-state index in [9.17, 15) is 0 Å². The predicted molar refractivity (Wildman–Crippen MR) is 70.5 cm³/mol. The van der Waals surface area contributed by atoms with Crippen LogP contribution in [0.2, 0.25) is 0 Å². The van der Waals surface area contributed by atoms with Gasteiger partial charge in [-0.15, -0.1) is 0 Å². The number of hydrogen-bond donors (Lipinski definition) is 0. The van der Waals surface area contributed by atoms with E-state index in [-0.39, 0.29) is 0 Å². The fourth-order valence-electron chi connectivity index (χ4n) is 1.92. The fourth-order valence-corrected chi connectivity index (χ4v) is 3.13. The van der Waals surface area contributed by atoms with Crippen LogP contribution in [0.1, 0.15) is 18.9 Å². The molecule has 84 valence electrons. The second-order valence-corrected chi connectivity index (χ2v) is 5.57. The molecule has 1 aliphatic heterocycles. The highest BCUT2D eigenvalue weighted by molar-refractivity contribution is 14.1. The van der Waals surface area contributed by atoms with Gasteiger partial charge in [0.2, 0.25) is 5.95 Å². The Hall–Kier alpha value is -0.900. The van der Waals surface area contributed by atoms with Crippen LogP contribution in [0.15, 0.2) is 12.4 Å². The van der Waals surface area contributed by atoms with Gasteiger partial charge in [0.05, 0.1) is 18.0 Å². The highest BCUT2D eigenvalue weighted by atomic mass is 127. The van der Waals surface area contributed by atoms with Gasteiger partial charge >= 0.3 is 0 Å². The maximum absolute atomic E-state index is 8.67. The van der Waals surface area contributed by atoms with Gasteiger partial charge in [-0.3, -0.25) is 0 Å². The smallest absolute Gasteiger partial charge is 0.225 e. The molecule has 2 rings (SSSR count). The van der Waals surface area contributed by atoms with Crippen molar-refractivity contribution in [2.45, 2.75) is 17.3 Å². The number of anilines is 1. The van der Waals surface area contributed by atoms with Crippen LogP contribution in [0.4, 0.5) is 5.95 Å². The molecule has 1 aliphatic rings. The normalized spacial score (nSPS) is 24.4. The van der Waals surface area contributed by atoms with Gasteiger partial charge in [-0.2, -0.15) is 5.26 Å². The van der Waals surface area contributed by atoms with Gasteiger partial charge in [-0.1, -0.05) is 35.9 Å². The van der Waals surface area contributed by atoms with Crippen molar-refractivity contribution in [3.05, 3.63) is 18.0 Å². The van der Waals surface area contributed by atoms with Crippen molar-refractivity contribution in [3.63, 3.8) is 0 Å². The number of alkyl halides is 1. The summed E-state index contributed by atoms with van der Waals surface area (Å²) in [6.07, 6.45) is 4.37. The lowest BCUT2D eigenvalue weighted by Gasteiger charge is -2.15. The number of nitriles is 1. The fraction of sp³-hybridized carbons (Fsp3) is 0.545. The highest BCUT2D eigenvalue weighted by Gasteiger charge is 2.30. The van der Waals surface area contributed by atoms with E-state index in [1.807, 2.05) is 6.07 Å². The monoisotopic (exact) mass is 328 g/mol. The minimum atomic E-state index is 0.515. The molecule has 0 N–H and O–H groups in total. The standard InChI is InChI=1S/C11H13IN4/c1-2-9-6-16(7-10(9)12)11-14-4-8(3-13)5-15-11/h4-5,9-10H,2,6-7H2,1H3. The van der Waals surface area contributed by atoms with Gasteiger partial charge in [-0.05, 0) is 5.92 Å². The van der Waals surface area contributed by atoms with Crippen LogP contribution in [0, 0.1) is 17.2 Å². The SMILES string of the molecule is CCC1CN(c2ncc(C#N)cn2)CC1I. The number of nitrogens with zero attached hydrogens (tertiary/aromatic N) is 4. The second-order valence-electron chi connectivity index (χ2n) is 3.97. The van der Waals surface area contributed by atoms with Crippen molar-refractivity contribution >= 4 is 28.5 Å². The van der Waals surface area contributed by atoms with Crippen molar-refractivity contribution in [3.8, 4) is 6.07 Å². The van der Waals surface area contributed by atoms with Crippen LogP contribution in [0.3, 0.4) is 0 Å².